The zero-order valence-corrected chi connectivity index (χ0v) is 11.4. The summed E-state index contributed by atoms with van der Waals surface area (Å²) in [6, 6.07) is 9.61. The monoisotopic (exact) mass is 263 g/mol. The molecule has 0 saturated carbocycles. The molecule has 0 aliphatic carbocycles. The van der Waals surface area contributed by atoms with Crippen molar-refractivity contribution in [2.75, 3.05) is 13.1 Å². The largest absolute Gasteiger partial charge is 0.369 e. The average molecular weight is 263 g/mol. The minimum Gasteiger partial charge on any atom is -0.369 e. The molecule has 0 bridgehead atoms. The number of hydrogen-bond donors (Lipinski definition) is 3. The van der Waals surface area contributed by atoms with Crippen molar-refractivity contribution in [2.24, 2.45) is 11.1 Å². The molecule has 104 valence electrons. The van der Waals surface area contributed by atoms with Crippen molar-refractivity contribution in [1.29, 1.82) is 0 Å². The number of benzene rings is 1. The van der Waals surface area contributed by atoms with Gasteiger partial charge in [0.2, 0.25) is 5.91 Å². The van der Waals surface area contributed by atoms with E-state index < -0.39 is 11.3 Å². The molecule has 5 heteroatoms. The normalized spacial score (nSPS) is 10.8. The van der Waals surface area contributed by atoms with Crippen LogP contribution in [0, 0.1) is 5.41 Å². The molecule has 4 N–H and O–H groups in total. The van der Waals surface area contributed by atoms with E-state index in [1.54, 1.807) is 13.8 Å². The van der Waals surface area contributed by atoms with E-state index in [9.17, 15) is 9.59 Å². The molecule has 0 aliphatic rings. The summed E-state index contributed by atoms with van der Waals surface area (Å²) in [5.74, 6) is -0.433. The van der Waals surface area contributed by atoms with Gasteiger partial charge in [0, 0.05) is 13.1 Å². The molecule has 0 aliphatic heterocycles. The molecule has 1 aromatic carbocycles. The van der Waals surface area contributed by atoms with Gasteiger partial charge in [-0.1, -0.05) is 30.3 Å². The molecular weight excluding hydrogens is 242 g/mol. The summed E-state index contributed by atoms with van der Waals surface area (Å²) in [5.41, 5.74) is 5.65. The molecule has 0 aromatic heterocycles. The fourth-order valence-electron chi connectivity index (χ4n) is 1.42. The highest BCUT2D eigenvalue weighted by atomic mass is 16.2. The third kappa shape index (κ3) is 5.42. The van der Waals surface area contributed by atoms with E-state index >= 15 is 0 Å². The number of rotatable bonds is 6. The van der Waals surface area contributed by atoms with Gasteiger partial charge in [0.15, 0.2) is 0 Å². The number of carbonyl (C=O) groups excluding carboxylic acids is 2. The number of amides is 3. The molecule has 1 aromatic rings. The second kappa shape index (κ2) is 6.78. The van der Waals surface area contributed by atoms with Gasteiger partial charge in [-0.05, 0) is 25.8 Å². The van der Waals surface area contributed by atoms with E-state index in [0.29, 0.717) is 6.54 Å². The summed E-state index contributed by atoms with van der Waals surface area (Å²) in [6.45, 7) is 4.16. The predicted molar refractivity (Wildman–Crippen MR) is 74.5 cm³/mol. The smallest absolute Gasteiger partial charge is 0.314 e. The maximum atomic E-state index is 11.5. The first-order valence-corrected chi connectivity index (χ1v) is 6.27. The first kappa shape index (κ1) is 15.0. The van der Waals surface area contributed by atoms with E-state index in [-0.39, 0.29) is 12.6 Å². The van der Waals surface area contributed by atoms with Crippen LogP contribution in [0.2, 0.25) is 0 Å². The molecule has 5 nitrogen and oxygen atoms in total. The SMILES string of the molecule is CC(C)(CNC(=O)NCCc1ccccc1)C(N)=O. The van der Waals surface area contributed by atoms with Gasteiger partial charge in [-0.15, -0.1) is 0 Å². The zero-order valence-electron chi connectivity index (χ0n) is 11.4. The van der Waals surface area contributed by atoms with Crippen LogP contribution in [0.3, 0.4) is 0 Å². The van der Waals surface area contributed by atoms with Crippen LogP contribution in [0.5, 0.6) is 0 Å². The molecule has 0 saturated heterocycles. The van der Waals surface area contributed by atoms with Gasteiger partial charge in [0.05, 0.1) is 5.41 Å². The van der Waals surface area contributed by atoms with E-state index in [4.69, 9.17) is 5.73 Å². The molecule has 0 spiro atoms. The number of primary amides is 1. The Morgan fingerprint density at radius 2 is 1.79 bits per heavy atom. The Bertz CT molecular complexity index is 430. The van der Waals surface area contributed by atoms with Crippen LogP contribution in [-0.4, -0.2) is 25.0 Å². The predicted octanol–water partition coefficient (Wildman–Crippen LogP) is 1.04. The van der Waals surface area contributed by atoms with Crippen LogP contribution in [0.15, 0.2) is 30.3 Å². The van der Waals surface area contributed by atoms with E-state index in [2.05, 4.69) is 10.6 Å². The summed E-state index contributed by atoms with van der Waals surface area (Å²) in [6.07, 6.45) is 0.771. The van der Waals surface area contributed by atoms with Crippen LogP contribution >= 0.6 is 0 Å². The number of carbonyl (C=O) groups is 2. The Morgan fingerprint density at radius 3 is 2.37 bits per heavy atom. The van der Waals surface area contributed by atoms with Gasteiger partial charge in [-0.3, -0.25) is 4.79 Å². The van der Waals surface area contributed by atoms with Crippen LogP contribution in [0.4, 0.5) is 4.79 Å². The molecule has 0 radical (unpaired) electrons. The third-order valence-electron chi connectivity index (χ3n) is 2.90. The lowest BCUT2D eigenvalue weighted by molar-refractivity contribution is -0.125. The standard InChI is InChI=1S/C14H21N3O2/c1-14(2,12(15)18)10-17-13(19)16-9-8-11-6-4-3-5-7-11/h3-7H,8-10H2,1-2H3,(H2,15,18)(H2,16,17,19). The van der Waals surface area contributed by atoms with Crippen LogP contribution in [-0.2, 0) is 11.2 Å². The number of hydrogen-bond acceptors (Lipinski definition) is 2. The number of nitrogens with two attached hydrogens (primary N) is 1. The molecule has 0 atom stereocenters. The number of nitrogens with one attached hydrogen (secondary N) is 2. The van der Waals surface area contributed by atoms with Gasteiger partial charge in [-0.25, -0.2) is 4.79 Å². The average Bonchev–Trinajstić information content (AvgIpc) is 2.37. The van der Waals surface area contributed by atoms with Crippen molar-refractivity contribution in [3.8, 4) is 0 Å². The Kier molecular flexibility index (Phi) is 5.36. The summed E-state index contributed by atoms with van der Waals surface area (Å²) >= 11 is 0. The maximum absolute atomic E-state index is 11.5. The lowest BCUT2D eigenvalue weighted by atomic mass is 9.93. The van der Waals surface area contributed by atoms with E-state index in [1.807, 2.05) is 30.3 Å². The van der Waals surface area contributed by atoms with Crippen molar-refractivity contribution in [1.82, 2.24) is 10.6 Å². The Balaban J connectivity index is 2.24. The Hall–Kier alpha value is -2.04. The van der Waals surface area contributed by atoms with Gasteiger partial charge >= 0.3 is 6.03 Å². The first-order chi connectivity index (χ1) is 8.92. The van der Waals surface area contributed by atoms with Gasteiger partial charge in [0.25, 0.3) is 0 Å². The second-order valence-electron chi connectivity index (χ2n) is 5.09. The summed E-state index contributed by atoms with van der Waals surface area (Å²) in [5, 5.41) is 5.38. The van der Waals surface area contributed by atoms with Crippen molar-refractivity contribution in [3.63, 3.8) is 0 Å². The van der Waals surface area contributed by atoms with Crippen LogP contribution in [0.1, 0.15) is 19.4 Å². The third-order valence-corrected chi connectivity index (χ3v) is 2.90. The fraction of sp³-hybridized carbons (Fsp3) is 0.429. The zero-order chi connectivity index (χ0) is 14.3. The van der Waals surface area contributed by atoms with Crippen molar-refractivity contribution in [3.05, 3.63) is 35.9 Å². The lowest BCUT2D eigenvalue weighted by Gasteiger charge is -2.20. The summed E-state index contributed by atoms with van der Waals surface area (Å²) < 4.78 is 0. The highest BCUT2D eigenvalue weighted by Crippen LogP contribution is 2.11. The van der Waals surface area contributed by atoms with Crippen LogP contribution in [0.25, 0.3) is 0 Å². The summed E-state index contributed by atoms with van der Waals surface area (Å²) in [7, 11) is 0. The quantitative estimate of drug-likeness (QED) is 0.716. The number of urea groups is 1. The highest BCUT2D eigenvalue weighted by molar-refractivity contribution is 5.81. The minimum atomic E-state index is -0.739. The van der Waals surface area contributed by atoms with Gasteiger partial charge in [-0.2, -0.15) is 0 Å². The topological polar surface area (TPSA) is 84.2 Å². The molecular formula is C14H21N3O2. The molecule has 19 heavy (non-hydrogen) atoms. The fourth-order valence-corrected chi connectivity index (χ4v) is 1.42. The second-order valence-corrected chi connectivity index (χ2v) is 5.09. The minimum absolute atomic E-state index is 0.222. The Morgan fingerprint density at radius 1 is 1.16 bits per heavy atom. The van der Waals surface area contributed by atoms with E-state index in [0.717, 1.165) is 6.42 Å². The lowest BCUT2D eigenvalue weighted by Crippen LogP contribution is -2.46. The molecule has 1 rings (SSSR count). The molecule has 0 unspecified atom stereocenters. The molecule has 3 amide bonds. The van der Waals surface area contributed by atoms with Gasteiger partial charge in [0.1, 0.15) is 0 Å². The molecule has 0 heterocycles. The van der Waals surface area contributed by atoms with Crippen molar-refractivity contribution < 1.29 is 9.59 Å². The van der Waals surface area contributed by atoms with Crippen molar-refractivity contribution >= 4 is 11.9 Å². The van der Waals surface area contributed by atoms with Crippen LogP contribution < -0.4 is 16.4 Å². The maximum Gasteiger partial charge on any atom is 0.314 e. The first-order valence-electron chi connectivity index (χ1n) is 6.27. The summed E-state index contributed by atoms with van der Waals surface area (Å²) in [4.78, 5) is 22.6. The highest BCUT2D eigenvalue weighted by Gasteiger charge is 2.25. The van der Waals surface area contributed by atoms with E-state index in [1.165, 1.54) is 5.56 Å². The molecule has 0 fully saturated rings. The van der Waals surface area contributed by atoms with Crippen molar-refractivity contribution in [2.45, 2.75) is 20.3 Å². The Labute approximate surface area is 113 Å². The van der Waals surface area contributed by atoms with Gasteiger partial charge < -0.3 is 16.4 Å².